The van der Waals surface area contributed by atoms with Gasteiger partial charge in [0.25, 0.3) is 0 Å². The summed E-state index contributed by atoms with van der Waals surface area (Å²) in [5.41, 5.74) is 8.39. The molecule has 9 rings (SSSR count). The zero-order chi connectivity index (χ0) is 29.0. The Morgan fingerprint density at radius 2 is 0.977 bits per heavy atom. The van der Waals surface area contributed by atoms with Crippen LogP contribution in [0.3, 0.4) is 0 Å². The standard InChI is InChI=1S/C42H26OS/c1-2-11-27(12-3-1)28-14-10-15-30(23-28)41-33-16-5-7-18-35(33)42(36-19-8-6-17-34(36)41)31-21-22-39-32(24-31)26-40(44-39)38-25-29-13-4-9-20-37(29)43-38/h1-26H. The minimum absolute atomic E-state index is 0.923. The Labute approximate surface area is 259 Å². The number of thiophene rings is 1. The van der Waals surface area contributed by atoms with E-state index in [0.29, 0.717) is 0 Å². The van der Waals surface area contributed by atoms with Crippen molar-refractivity contribution >= 4 is 53.9 Å². The molecule has 2 heterocycles. The normalized spacial score (nSPS) is 11.6. The minimum atomic E-state index is 0.923. The van der Waals surface area contributed by atoms with E-state index in [0.717, 1.165) is 21.6 Å². The molecular weight excluding hydrogens is 553 g/mol. The lowest BCUT2D eigenvalue weighted by Crippen LogP contribution is -1.91. The third-order valence-electron chi connectivity index (χ3n) is 8.66. The predicted octanol–water partition coefficient (Wildman–Crippen LogP) is 12.6. The van der Waals surface area contributed by atoms with Gasteiger partial charge in [0.15, 0.2) is 0 Å². The third kappa shape index (κ3) is 4.07. The number of para-hydroxylation sites is 1. The van der Waals surface area contributed by atoms with Crippen LogP contribution in [0.1, 0.15) is 0 Å². The van der Waals surface area contributed by atoms with E-state index in [2.05, 4.69) is 146 Å². The summed E-state index contributed by atoms with van der Waals surface area (Å²) in [7, 11) is 0. The highest BCUT2D eigenvalue weighted by Gasteiger charge is 2.18. The summed E-state index contributed by atoms with van der Waals surface area (Å²) >= 11 is 1.78. The van der Waals surface area contributed by atoms with Crippen molar-refractivity contribution in [3.8, 4) is 44.0 Å². The zero-order valence-electron chi connectivity index (χ0n) is 23.8. The van der Waals surface area contributed by atoms with Crippen LogP contribution in [0, 0.1) is 0 Å². The van der Waals surface area contributed by atoms with Crippen molar-refractivity contribution in [1.29, 1.82) is 0 Å². The van der Waals surface area contributed by atoms with E-state index < -0.39 is 0 Å². The second-order valence-corrected chi connectivity index (χ2v) is 12.4. The van der Waals surface area contributed by atoms with E-state index in [-0.39, 0.29) is 0 Å². The van der Waals surface area contributed by atoms with Gasteiger partial charge in [0.2, 0.25) is 0 Å². The van der Waals surface area contributed by atoms with Gasteiger partial charge < -0.3 is 4.42 Å². The van der Waals surface area contributed by atoms with Crippen molar-refractivity contribution in [1.82, 2.24) is 0 Å². The number of furan rings is 1. The first kappa shape index (κ1) is 25.1. The average molecular weight is 579 g/mol. The lowest BCUT2D eigenvalue weighted by atomic mass is 9.85. The van der Waals surface area contributed by atoms with Gasteiger partial charge in [-0.25, -0.2) is 0 Å². The van der Waals surface area contributed by atoms with Gasteiger partial charge in [-0.1, -0.05) is 121 Å². The van der Waals surface area contributed by atoms with Crippen LogP contribution in [0.4, 0.5) is 0 Å². The van der Waals surface area contributed by atoms with Crippen LogP contribution in [0.15, 0.2) is 162 Å². The first-order chi connectivity index (χ1) is 21.8. The molecule has 0 atom stereocenters. The number of hydrogen-bond donors (Lipinski definition) is 0. The lowest BCUT2D eigenvalue weighted by molar-refractivity contribution is 0.633. The Morgan fingerprint density at radius 3 is 1.68 bits per heavy atom. The van der Waals surface area contributed by atoms with E-state index in [4.69, 9.17) is 4.42 Å². The second kappa shape index (κ2) is 10.1. The first-order valence-electron chi connectivity index (χ1n) is 14.9. The maximum absolute atomic E-state index is 6.22. The highest BCUT2D eigenvalue weighted by Crippen LogP contribution is 2.45. The molecule has 206 valence electrons. The van der Waals surface area contributed by atoms with E-state index in [1.54, 1.807) is 11.3 Å². The van der Waals surface area contributed by atoms with Crippen LogP contribution >= 0.6 is 11.3 Å². The molecule has 0 saturated heterocycles. The van der Waals surface area contributed by atoms with Crippen molar-refractivity contribution in [3.05, 3.63) is 158 Å². The fraction of sp³-hybridized carbons (Fsp3) is 0. The zero-order valence-corrected chi connectivity index (χ0v) is 24.6. The Balaban J connectivity index is 1.25. The molecule has 9 aromatic rings. The van der Waals surface area contributed by atoms with Gasteiger partial charge in [-0.05, 0) is 96.7 Å². The first-order valence-corrected chi connectivity index (χ1v) is 15.7. The maximum atomic E-state index is 6.22. The van der Waals surface area contributed by atoms with Crippen LogP contribution in [0.5, 0.6) is 0 Å². The van der Waals surface area contributed by atoms with Gasteiger partial charge in [0.05, 0.1) is 4.88 Å². The molecule has 0 aliphatic rings. The molecular formula is C42H26OS. The third-order valence-corrected chi connectivity index (χ3v) is 9.79. The molecule has 44 heavy (non-hydrogen) atoms. The van der Waals surface area contributed by atoms with Gasteiger partial charge in [-0.15, -0.1) is 11.3 Å². The van der Waals surface area contributed by atoms with Gasteiger partial charge >= 0.3 is 0 Å². The van der Waals surface area contributed by atoms with Crippen molar-refractivity contribution in [2.75, 3.05) is 0 Å². The van der Waals surface area contributed by atoms with E-state index in [9.17, 15) is 0 Å². The fourth-order valence-corrected chi connectivity index (χ4v) is 7.65. The molecule has 0 bridgehead atoms. The summed E-state index contributed by atoms with van der Waals surface area (Å²) in [5.74, 6) is 0.923. The fourth-order valence-electron chi connectivity index (χ4n) is 6.66. The molecule has 0 fully saturated rings. The Kier molecular flexibility index (Phi) is 5.75. The molecule has 0 saturated carbocycles. The average Bonchev–Trinajstić information content (AvgIpc) is 3.72. The molecule has 2 aromatic heterocycles. The molecule has 0 unspecified atom stereocenters. The summed E-state index contributed by atoms with van der Waals surface area (Å²) in [5, 5.41) is 7.42. The highest BCUT2D eigenvalue weighted by molar-refractivity contribution is 7.22. The Hall–Kier alpha value is -5.44. The molecule has 0 aliphatic carbocycles. The summed E-state index contributed by atoms with van der Waals surface area (Å²) in [6.45, 7) is 0. The largest absolute Gasteiger partial charge is 0.455 e. The topological polar surface area (TPSA) is 13.1 Å². The molecule has 0 spiro atoms. The van der Waals surface area contributed by atoms with Crippen molar-refractivity contribution in [2.24, 2.45) is 0 Å². The lowest BCUT2D eigenvalue weighted by Gasteiger charge is -2.18. The maximum Gasteiger partial charge on any atom is 0.145 e. The van der Waals surface area contributed by atoms with Crippen molar-refractivity contribution in [3.63, 3.8) is 0 Å². The summed E-state index contributed by atoms with van der Waals surface area (Å²) < 4.78 is 7.47. The van der Waals surface area contributed by atoms with Crippen LogP contribution < -0.4 is 0 Å². The Bertz CT molecular complexity index is 2410. The van der Waals surface area contributed by atoms with E-state index in [1.165, 1.54) is 65.0 Å². The Morgan fingerprint density at radius 1 is 0.386 bits per heavy atom. The number of hydrogen-bond acceptors (Lipinski definition) is 2. The van der Waals surface area contributed by atoms with Gasteiger partial charge in [0, 0.05) is 10.1 Å². The van der Waals surface area contributed by atoms with E-state index in [1.807, 2.05) is 12.1 Å². The number of benzene rings is 7. The van der Waals surface area contributed by atoms with Crippen LogP contribution in [0.2, 0.25) is 0 Å². The number of fused-ring (bicyclic) bond motifs is 4. The monoisotopic (exact) mass is 578 g/mol. The van der Waals surface area contributed by atoms with Crippen LogP contribution in [-0.2, 0) is 0 Å². The summed E-state index contributed by atoms with van der Waals surface area (Å²) in [4.78, 5) is 1.15. The van der Waals surface area contributed by atoms with Crippen molar-refractivity contribution in [2.45, 2.75) is 0 Å². The van der Waals surface area contributed by atoms with Gasteiger partial charge in [-0.3, -0.25) is 0 Å². The quantitative estimate of drug-likeness (QED) is 0.189. The predicted molar refractivity (Wildman–Crippen MR) is 188 cm³/mol. The molecule has 2 heteroatoms. The van der Waals surface area contributed by atoms with Crippen LogP contribution in [0.25, 0.3) is 86.6 Å². The minimum Gasteiger partial charge on any atom is -0.455 e. The second-order valence-electron chi connectivity index (χ2n) is 11.3. The van der Waals surface area contributed by atoms with Crippen LogP contribution in [-0.4, -0.2) is 0 Å². The molecule has 0 aliphatic heterocycles. The summed E-state index contributed by atoms with van der Waals surface area (Å²) in [6, 6.07) is 56.9. The highest BCUT2D eigenvalue weighted by atomic mass is 32.1. The van der Waals surface area contributed by atoms with Gasteiger partial charge in [-0.2, -0.15) is 0 Å². The smallest absolute Gasteiger partial charge is 0.145 e. The molecule has 0 amide bonds. The van der Waals surface area contributed by atoms with Gasteiger partial charge in [0.1, 0.15) is 11.3 Å². The molecule has 1 nitrogen and oxygen atoms in total. The molecule has 7 aromatic carbocycles. The number of rotatable bonds is 4. The summed E-state index contributed by atoms with van der Waals surface area (Å²) in [6.07, 6.45) is 0. The van der Waals surface area contributed by atoms with E-state index >= 15 is 0 Å². The van der Waals surface area contributed by atoms with Crippen molar-refractivity contribution < 1.29 is 4.42 Å². The SMILES string of the molecule is c1ccc(-c2cccc(-c3c4ccccc4c(-c4ccc5sc(-c6cc7ccccc7o6)cc5c4)c4ccccc34)c2)cc1. The molecule has 0 radical (unpaired) electrons. The molecule has 0 N–H and O–H groups in total.